The van der Waals surface area contributed by atoms with E-state index in [2.05, 4.69) is 5.32 Å². The molecule has 2 aromatic carbocycles. The van der Waals surface area contributed by atoms with E-state index in [0.717, 1.165) is 16.9 Å². The number of benzene rings is 2. The fourth-order valence-corrected chi connectivity index (χ4v) is 2.87. The lowest BCUT2D eigenvalue weighted by atomic mass is 10.2. The van der Waals surface area contributed by atoms with Gasteiger partial charge in [-0.2, -0.15) is 0 Å². The Bertz CT molecular complexity index is 794. The van der Waals surface area contributed by atoms with E-state index in [1.807, 2.05) is 59.5 Å². The Morgan fingerprint density at radius 1 is 1.15 bits per heavy atom. The second-order valence-electron chi connectivity index (χ2n) is 6.58. The van der Waals surface area contributed by atoms with Crippen LogP contribution in [-0.2, 0) is 27.5 Å². The average molecular weight is 368 g/mol. The number of para-hydroxylation sites is 1. The summed E-state index contributed by atoms with van der Waals surface area (Å²) in [5.41, 5.74) is 1.94. The maximum absolute atomic E-state index is 12.4. The van der Waals surface area contributed by atoms with Crippen LogP contribution in [0.25, 0.3) is 0 Å². The van der Waals surface area contributed by atoms with Crippen LogP contribution in [0, 0.1) is 0 Å². The molecule has 1 saturated heterocycles. The zero-order valence-corrected chi connectivity index (χ0v) is 15.6. The fourth-order valence-electron chi connectivity index (χ4n) is 2.87. The van der Waals surface area contributed by atoms with Gasteiger partial charge in [0.15, 0.2) is 0 Å². The molecule has 0 aliphatic carbocycles. The van der Waals surface area contributed by atoms with E-state index in [4.69, 9.17) is 9.47 Å². The monoisotopic (exact) mass is 368 g/mol. The van der Waals surface area contributed by atoms with Crippen LogP contribution in [0.4, 0.5) is 0 Å². The van der Waals surface area contributed by atoms with Crippen molar-refractivity contribution >= 4 is 11.9 Å². The zero-order valence-electron chi connectivity index (χ0n) is 15.6. The van der Waals surface area contributed by atoms with Gasteiger partial charge in [-0.25, -0.2) is 4.79 Å². The molecule has 1 fully saturated rings. The molecule has 142 valence electrons. The molecule has 1 aliphatic heterocycles. The van der Waals surface area contributed by atoms with Crippen LogP contribution >= 0.6 is 0 Å². The summed E-state index contributed by atoms with van der Waals surface area (Å²) in [6.07, 6.45) is 0. The number of nitrogens with zero attached hydrogens (tertiary/aromatic N) is 1. The number of carbonyl (C=O) groups is 2. The van der Waals surface area contributed by atoms with E-state index >= 15 is 0 Å². The summed E-state index contributed by atoms with van der Waals surface area (Å²) in [4.78, 5) is 26.5. The number of esters is 1. The number of nitrogens with one attached hydrogen (secondary N) is 1. The van der Waals surface area contributed by atoms with Gasteiger partial charge in [-0.1, -0.05) is 48.5 Å². The number of rotatable bonds is 8. The van der Waals surface area contributed by atoms with Crippen molar-refractivity contribution in [2.24, 2.45) is 0 Å². The van der Waals surface area contributed by atoms with Gasteiger partial charge in [0.1, 0.15) is 24.4 Å². The molecule has 2 aromatic rings. The summed E-state index contributed by atoms with van der Waals surface area (Å²) >= 11 is 0. The summed E-state index contributed by atoms with van der Waals surface area (Å²) in [6, 6.07) is 16.3. The molecule has 1 aliphatic rings. The Hall–Kier alpha value is -2.86. The molecule has 1 N–H and O–H groups in total. The van der Waals surface area contributed by atoms with Gasteiger partial charge in [-0.3, -0.25) is 9.69 Å². The quantitative estimate of drug-likeness (QED) is 0.571. The van der Waals surface area contributed by atoms with Crippen molar-refractivity contribution in [3.63, 3.8) is 0 Å². The van der Waals surface area contributed by atoms with Crippen LogP contribution in [-0.4, -0.2) is 42.5 Å². The molecule has 0 bridgehead atoms. The predicted octanol–water partition coefficient (Wildman–Crippen LogP) is 2.13. The standard InChI is InChI=1S/C21H24N2O4/c1-15(21(25)27-14-16-8-4-3-5-9-16)22-20(24)18-13-23(18)12-17-10-6-7-11-19(17)26-2/h3-11,15,18H,12-14H2,1-2H3,(H,22,24)/t15-,18?,23?/m0/s1. The van der Waals surface area contributed by atoms with Crippen molar-refractivity contribution < 1.29 is 19.1 Å². The third kappa shape index (κ3) is 5.08. The molecule has 3 atom stereocenters. The highest BCUT2D eigenvalue weighted by Gasteiger charge is 2.41. The molecule has 3 rings (SSSR count). The van der Waals surface area contributed by atoms with Gasteiger partial charge in [0.25, 0.3) is 0 Å². The van der Waals surface area contributed by atoms with Crippen molar-refractivity contribution in [3.05, 3.63) is 65.7 Å². The molecule has 1 heterocycles. The molecule has 6 heteroatoms. The van der Waals surface area contributed by atoms with Crippen LogP contribution in [0.3, 0.4) is 0 Å². The Balaban J connectivity index is 1.44. The maximum atomic E-state index is 12.4. The van der Waals surface area contributed by atoms with Crippen LogP contribution in [0.15, 0.2) is 54.6 Å². The summed E-state index contributed by atoms with van der Waals surface area (Å²) in [7, 11) is 1.63. The normalized spacial score (nSPS) is 19.0. The van der Waals surface area contributed by atoms with Gasteiger partial charge in [-0.15, -0.1) is 0 Å². The lowest BCUT2D eigenvalue weighted by Crippen LogP contribution is -2.42. The van der Waals surface area contributed by atoms with Gasteiger partial charge >= 0.3 is 5.97 Å². The highest BCUT2D eigenvalue weighted by molar-refractivity contribution is 5.89. The molecule has 0 spiro atoms. The Morgan fingerprint density at radius 2 is 1.85 bits per heavy atom. The molecule has 0 saturated carbocycles. The van der Waals surface area contributed by atoms with E-state index in [1.54, 1.807) is 14.0 Å². The van der Waals surface area contributed by atoms with Crippen LogP contribution in [0.1, 0.15) is 18.1 Å². The number of ether oxygens (including phenoxy) is 2. The largest absolute Gasteiger partial charge is 0.496 e. The first-order valence-electron chi connectivity index (χ1n) is 8.95. The van der Waals surface area contributed by atoms with Gasteiger partial charge < -0.3 is 14.8 Å². The first-order chi connectivity index (χ1) is 13.1. The maximum Gasteiger partial charge on any atom is 0.328 e. The third-order valence-corrected chi connectivity index (χ3v) is 4.52. The molecule has 0 radical (unpaired) electrons. The van der Waals surface area contributed by atoms with E-state index in [0.29, 0.717) is 13.1 Å². The number of hydrogen-bond donors (Lipinski definition) is 1. The van der Waals surface area contributed by atoms with Gasteiger partial charge in [0.05, 0.1) is 7.11 Å². The van der Waals surface area contributed by atoms with Crippen molar-refractivity contribution in [1.82, 2.24) is 10.2 Å². The molecule has 0 aromatic heterocycles. The second kappa shape index (κ2) is 8.68. The lowest BCUT2D eigenvalue weighted by molar-refractivity contribution is -0.148. The van der Waals surface area contributed by atoms with Crippen molar-refractivity contribution in [3.8, 4) is 5.75 Å². The Labute approximate surface area is 159 Å². The second-order valence-corrected chi connectivity index (χ2v) is 6.58. The predicted molar refractivity (Wildman–Crippen MR) is 101 cm³/mol. The SMILES string of the molecule is COc1ccccc1CN1CC1C(=O)N[C@@H](C)C(=O)OCc1ccccc1. The van der Waals surface area contributed by atoms with E-state index in [9.17, 15) is 9.59 Å². The summed E-state index contributed by atoms with van der Waals surface area (Å²) in [5, 5.41) is 2.74. The highest BCUT2D eigenvalue weighted by atomic mass is 16.5. The van der Waals surface area contributed by atoms with Crippen molar-refractivity contribution in [1.29, 1.82) is 0 Å². The van der Waals surface area contributed by atoms with Gasteiger partial charge in [-0.05, 0) is 18.6 Å². The molecule has 27 heavy (non-hydrogen) atoms. The van der Waals surface area contributed by atoms with Crippen molar-refractivity contribution in [2.45, 2.75) is 32.2 Å². The summed E-state index contributed by atoms with van der Waals surface area (Å²) < 4.78 is 10.6. The van der Waals surface area contributed by atoms with Crippen LogP contribution in [0.5, 0.6) is 5.75 Å². The minimum absolute atomic E-state index is 0.158. The summed E-state index contributed by atoms with van der Waals surface area (Å²) in [6.45, 7) is 3.13. The van der Waals surface area contributed by atoms with Crippen LogP contribution < -0.4 is 10.1 Å². The average Bonchev–Trinajstić information content (AvgIpc) is 3.46. The molecular formula is C21H24N2O4. The summed E-state index contributed by atoms with van der Waals surface area (Å²) in [5.74, 6) is 0.208. The Morgan fingerprint density at radius 3 is 2.59 bits per heavy atom. The number of amides is 1. The molecule has 6 nitrogen and oxygen atoms in total. The fraction of sp³-hybridized carbons (Fsp3) is 0.333. The molecule has 1 amide bonds. The third-order valence-electron chi connectivity index (χ3n) is 4.52. The minimum atomic E-state index is -0.685. The first kappa shape index (κ1) is 18.9. The minimum Gasteiger partial charge on any atom is -0.496 e. The smallest absolute Gasteiger partial charge is 0.328 e. The van der Waals surface area contributed by atoms with Crippen molar-refractivity contribution in [2.75, 3.05) is 13.7 Å². The number of methoxy groups -OCH3 is 1. The number of hydrogen-bond acceptors (Lipinski definition) is 5. The molecule has 2 unspecified atom stereocenters. The van der Waals surface area contributed by atoms with Gasteiger partial charge in [0, 0.05) is 18.7 Å². The Kier molecular flexibility index (Phi) is 6.08. The highest BCUT2D eigenvalue weighted by Crippen LogP contribution is 2.26. The van der Waals surface area contributed by atoms with Gasteiger partial charge in [0.2, 0.25) is 5.91 Å². The van der Waals surface area contributed by atoms with E-state index < -0.39 is 12.0 Å². The molecular weight excluding hydrogens is 344 g/mol. The van der Waals surface area contributed by atoms with Crippen LogP contribution in [0.2, 0.25) is 0 Å². The zero-order chi connectivity index (χ0) is 19.2. The lowest BCUT2D eigenvalue weighted by Gasteiger charge is -2.14. The van der Waals surface area contributed by atoms with E-state index in [-0.39, 0.29) is 18.6 Å². The number of carbonyl (C=O) groups excluding carboxylic acids is 2. The topological polar surface area (TPSA) is 67.6 Å². The first-order valence-corrected chi connectivity index (χ1v) is 8.95. The van der Waals surface area contributed by atoms with E-state index in [1.165, 1.54) is 0 Å².